The highest BCUT2D eigenvalue weighted by molar-refractivity contribution is 5.65. The van der Waals surface area contributed by atoms with Gasteiger partial charge in [-0.15, -0.1) is 0 Å². The molecule has 0 aliphatic heterocycles. The van der Waals surface area contributed by atoms with E-state index >= 15 is 0 Å². The lowest BCUT2D eigenvalue weighted by Crippen LogP contribution is -2.09. The number of hydrogen-bond acceptors (Lipinski definition) is 3. The second-order valence-electron chi connectivity index (χ2n) is 2.00. The molecule has 60 valence electrons. The Morgan fingerprint density at radius 2 is 1.73 bits per heavy atom. The summed E-state index contributed by atoms with van der Waals surface area (Å²) < 4.78 is 24.8. The summed E-state index contributed by atoms with van der Waals surface area (Å²) in [6.07, 6.45) is 0. The second-order valence-corrected chi connectivity index (χ2v) is 2.00. The summed E-state index contributed by atoms with van der Waals surface area (Å²) in [5.41, 5.74) is 7.63. The first kappa shape index (κ1) is 7.74. The number of hydrazine groups is 1. The third kappa shape index (κ3) is 1.38. The molecule has 0 heterocycles. The molecule has 0 amide bonds. The molecule has 0 fully saturated rings. The van der Waals surface area contributed by atoms with Crippen LogP contribution >= 0.6 is 0 Å². The molecular weight excluding hydrogens is 152 g/mol. The summed E-state index contributed by atoms with van der Waals surface area (Å²) >= 11 is 0. The molecule has 5 N–H and O–H groups in total. The van der Waals surface area contributed by atoms with Crippen LogP contribution in [0.15, 0.2) is 12.1 Å². The highest BCUT2D eigenvalue weighted by atomic mass is 19.2. The molecule has 0 aliphatic rings. The molecule has 0 aliphatic carbocycles. The average molecular weight is 159 g/mol. The van der Waals surface area contributed by atoms with Gasteiger partial charge in [0.25, 0.3) is 0 Å². The molecule has 1 aromatic carbocycles. The Bertz CT molecular complexity index is 275. The van der Waals surface area contributed by atoms with Crippen molar-refractivity contribution in [2.45, 2.75) is 0 Å². The zero-order chi connectivity index (χ0) is 8.43. The quantitative estimate of drug-likeness (QED) is 0.323. The molecule has 1 aromatic rings. The number of nitrogen functional groups attached to an aromatic ring is 2. The normalized spacial score (nSPS) is 9.73. The number of anilines is 2. The molecule has 0 saturated heterocycles. The van der Waals surface area contributed by atoms with Crippen LogP contribution < -0.4 is 17.0 Å². The van der Waals surface area contributed by atoms with Crippen molar-refractivity contribution in [2.24, 2.45) is 5.84 Å². The predicted molar refractivity (Wildman–Crippen MR) is 38.6 cm³/mol. The van der Waals surface area contributed by atoms with Crippen molar-refractivity contribution < 1.29 is 8.78 Å². The highest BCUT2D eigenvalue weighted by Crippen LogP contribution is 2.20. The molecule has 0 aromatic heterocycles. The van der Waals surface area contributed by atoms with E-state index in [0.29, 0.717) is 0 Å². The summed E-state index contributed by atoms with van der Waals surface area (Å²) in [6.45, 7) is 0. The number of rotatable bonds is 1. The summed E-state index contributed by atoms with van der Waals surface area (Å²) in [4.78, 5) is 0. The number of benzene rings is 1. The van der Waals surface area contributed by atoms with Gasteiger partial charge in [0, 0.05) is 12.1 Å². The largest absolute Gasteiger partial charge is 0.397 e. The monoisotopic (exact) mass is 159 g/mol. The van der Waals surface area contributed by atoms with Crippen LogP contribution in [0.1, 0.15) is 0 Å². The van der Waals surface area contributed by atoms with E-state index in [4.69, 9.17) is 11.6 Å². The van der Waals surface area contributed by atoms with Crippen molar-refractivity contribution >= 4 is 11.4 Å². The SMILES string of the molecule is NNc1cc(F)c(F)cc1N. The van der Waals surface area contributed by atoms with E-state index in [0.717, 1.165) is 12.1 Å². The molecule has 0 radical (unpaired) electrons. The maximum absolute atomic E-state index is 12.4. The fraction of sp³-hybridized carbons (Fsp3) is 0. The maximum atomic E-state index is 12.4. The lowest BCUT2D eigenvalue weighted by atomic mass is 10.2. The number of halogens is 2. The van der Waals surface area contributed by atoms with Crippen molar-refractivity contribution in [2.75, 3.05) is 11.2 Å². The number of nitrogens with one attached hydrogen (secondary N) is 1. The predicted octanol–water partition coefficient (Wildman–Crippen LogP) is 0.833. The van der Waals surface area contributed by atoms with Gasteiger partial charge in [0.1, 0.15) is 0 Å². The lowest BCUT2D eigenvalue weighted by molar-refractivity contribution is 0.509. The Kier molecular flexibility index (Phi) is 1.91. The topological polar surface area (TPSA) is 64.1 Å². The lowest BCUT2D eigenvalue weighted by Gasteiger charge is -2.03. The van der Waals surface area contributed by atoms with Crippen LogP contribution in [0.3, 0.4) is 0 Å². The molecule has 11 heavy (non-hydrogen) atoms. The molecule has 1 rings (SSSR count). The van der Waals surface area contributed by atoms with Crippen molar-refractivity contribution in [1.82, 2.24) is 0 Å². The second kappa shape index (κ2) is 2.71. The van der Waals surface area contributed by atoms with E-state index in [2.05, 4.69) is 5.43 Å². The van der Waals surface area contributed by atoms with Crippen molar-refractivity contribution in [3.63, 3.8) is 0 Å². The van der Waals surface area contributed by atoms with Gasteiger partial charge in [0.05, 0.1) is 11.4 Å². The minimum Gasteiger partial charge on any atom is -0.397 e. The zero-order valence-corrected chi connectivity index (χ0v) is 5.57. The Labute approximate surface area is 62.0 Å². The number of nitrogens with two attached hydrogens (primary N) is 2. The van der Waals surface area contributed by atoms with Gasteiger partial charge < -0.3 is 11.2 Å². The fourth-order valence-electron chi connectivity index (χ4n) is 0.687. The highest BCUT2D eigenvalue weighted by Gasteiger charge is 2.05. The van der Waals surface area contributed by atoms with E-state index in [1.165, 1.54) is 0 Å². The van der Waals surface area contributed by atoms with E-state index in [1.807, 2.05) is 0 Å². The van der Waals surface area contributed by atoms with E-state index in [9.17, 15) is 8.78 Å². The van der Waals surface area contributed by atoms with Crippen molar-refractivity contribution in [1.29, 1.82) is 0 Å². The van der Waals surface area contributed by atoms with Gasteiger partial charge in [-0.25, -0.2) is 8.78 Å². The first-order valence-corrected chi connectivity index (χ1v) is 2.86. The van der Waals surface area contributed by atoms with Crippen LogP contribution in [-0.2, 0) is 0 Å². The van der Waals surface area contributed by atoms with Gasteiger partial charge >= 0.3 is 0 Å². The summed E-state index contributed by atoms with van der Waals surface area (Å²) in [5.74, 6) is 2.99. The van der Waals surface area contributed by atoms with Gasteiger partial charge in [-0.2, -0.15) is 0 Å². The molecule has 0 atom stereocenters. The Balaban J connectivity index is 3.21. The van der Waals surface area contributed by atoms with Crippen LogP contribution in [-0.4, -0.2) is 0 Å². The van der Waals surface area contributed by atoms with Gasteiger partial charge in [-0.3, -0.25) is 5.84 Å². The van der Waals surface area contributed by atoms with Crippen LogP contribution in [0.2, 0.25) is 0 Å². The summed E-state index contributed by atoms with van der Waals surface area (Å²) in [5, 5.41) is 0. The van der Waals surface area contributed by atoms with E-state index < -0.39 is 11.6 Å². The summed E-state index contributed by atoms with van der Waals surface area (Å²) in [7, 11) is 0. The summed E-state index contributed by atoms with van der Waals surface area (Å²) in [6, 6.07) is 1.76. The van der Waals surface area contributed by atoms with Gasteiger partial charge in [-0.1, -0.05) is 0 Å². The van der Waals surface area contributed by atoms with E-state index in [1.54, 1.807) is 0 Å². The third-order valence-electron chi connectivity index (χ3n) is 1.25. The molecule has 0 saturated carbocycles. The van der Waals surface area contributed by atoms with Crippen LogP contribution in [0, 0.1) is 11.6 Å². The molecule has 0 unspecified atom stereocenters. The minimum atomic E-state index is -0.985. The van der Waals surface area contributed by atoms with E-state index in [-0.39, 0.29) is 11.4 Å². The molecule has 0 spiro atoms. The van der Waals surface area contributed by atoms with Crippen molar-refractivity contribution in [3.05, 3.63) is 23.8 Å². The Hall–Kier alpha value is -1.36. The van der Waals surface area contributed by atoms with Crippen LogP contribution in [0.4, 0.5) is 20.2 Å². The molecular formula is C6H7F2N3. The first-order valence-electron chi connectivity index (χ1n) is 2.86. The fourth-order valence-corrected chi connectivity index (χ4v) is 0.687. The van der Waals surface area contributed by atoms with Gasteiger partial charge in [-0.05, 0) is 0 Å². The Morgan fingerprint density at radius 3 is 2.27 bits per heavy atom. The van der Waals surface area contributed by atoms with Crippen LogP contribution in [0.25, 0.3) is 0 Å². The maximum Gasteiger partial charge on any atom is 0.161 e. The number of hydrogen-bond donors (Lipinski definition) is 3. The smallest absolute Gasteiger partial charge is 0.161 e. The molecule has 3 nitrogen and oxygen atoms in total. The van der Waals surface area contributed by atoms with Gasteiger partial charge in [0.2, 0.25) is 0 Å². The van der Waals surface area contributed by atoms with Crippen molar-refractivity contribution in [3.8, 4) is 0 Å². The Morgan fingerprint density at radius 1 is 1.18 bits per heavy atom. The third-order valence-corrected chi connectivity index (χ3v) is 1.25. The van der Waals surface area contributed by atoms with Crippen LogP contribution in [0.5, 0.6) is 0 Å². The minimum absolute atomic E-state index is 0.0754. The average Bonchev–Trinajstić information content (AvgIpc) is 1.97. The van der Waals surface area contributed by atoms with Gasteiger partial charge in [0.15, 0.2) is 11.6 Å². The standard InChI is InChI=1S/C6H7F2N3/c7-3-1-5(9)6(11-10)2-4(3)8/h1-2,11H,9-10H2. The zero-order valence-electron chi connectivity index (χ0n) is 5.57. The molecule has 0 bridgehead atoms. The first-order chi connectivity index (χ1) is 5.15. The molecule has 5 heteroatoms.